The number of aliphatic hydroxyl groups excluding tert-OH is 2. The van der Waals surface area contributed by atoms with Crippen molar-refractivity contribution < 1.29 is 15.3 Å². The fourth-order valence-electron chi connectivity index (χ4n) is 2.63. The minimum Gasteiger partial charge on any atom is -0.378 e. The molecule has 0 aliphatic carbocycles. The minimum absolute atomic E-state index is 0.131. The lowest BCUT2D eigenvalue weighted by Crippen LogP contribution is -2.40. The van der Waals surface area contributed by atoms with Gasteiger partial charge in [0, 0.05) is 6.54 Å². The third kappa shape index (κ3) is 13.2. The average Bonchev–Trinajstić information content (AvgIpc) is 2.46. The van der Waals surface area contributed by atoms with Gasteiger partial charge in [-0.2, -0.15) is 0 Å². The van der Waals surface area contributed by atoms with Crippen LogP contribution >= 0.6 is 0 Å². The van der Waals surface area contributed by atoms with E-state index in [4.69, 9.17) is 10.2 Å². The smallest absolute Gasteiger partial charge is 0.164 e. The Kier molecular flexibility index (Phi) is 14.7. The molecule has 3 N–H and O–H groups in total. The predicted octanol–water partition coefficient (Wildman–Crippen LogP) is 3.25. The first kappa shape index (κ1) is 20.8. The summed E-state index contributed by atoms with van der Waals surface area (Å²) in [6.45, 7) is 5.02. The van der Waals surface area contributed by atoms with E-state index < -0.39 is 12.5 Å². The number of aliphatic hydroxyl groups is 3. The van der Waals surface area contributed by atoms with Gasteiger partial charge >= 0.3 is 0 Å². The molecule has 0 bridgehead atoms. The van der Waals surface area contributed by atoms with Crippen LogP contribution in [0.3, 0.4) is 0 Å². The third-order valence-electron chi connectivity index (χ3n) is 3.98. The van der Waals surface area contributed by atoms with E-state index in [1.165, 1.54) is 51.4 Å². The molecular weight excluding hydrogens is 266 g/mol. The summed E-state index contributed by atoms with van der Waals surface area (Å²) in [5, 5.41) is 27.9. The fourth-order valence-corrected chi connectivity index (χ4v) is 2.63. The van der Waals surface area contributed by atoms with Gasteiger partial charge in [0.05, 0.1) is 6.54 Å². The maximum absolute atomic E-state index is 9.81. The zero-order chi connectivity index (χ0) is 15.9. The van der Waals surface area contributed by atoms with Crippen LogP contribution < -0.4 is 0 Å². The maximum Gasteiger partial charge on any atom is 0.164 e. The second-order valence-corrected chi connectivity index (χ2v) is 6.05. The number of hydrogen-bond acceptors (Lipinski definition) is 4. The van der Waals surface area contributed by atoms with Crippen LogP contribution in [0.5, 0.6) is 0 Å². The van der Waals surface area contributed by atoms with Gasteiger partial charge < -0.3 is 15.3 Å². The van der Waals surface area contributed by atoms with E-state index in [9.17, 15) is 5.11 Å². The van der Waals surface area contributed by atoms with Crippen molar-refractivity contribution in [2.75, 3.05) is 13.1 Å². The third-order valence-corrected chi connectivity index (χ3v) is 3.98. The number of nitrogens with zero attached hydrogens (tertiary/aromatic N) is 1. The van der Waals surface area contributed by atoms with Crippen LogP contribution in [0, 0.1) is 0 Å². The summed E-state index contributed by atoms with van der Waals surface area (Å²) in [5.41, 5.74) is 0. The highest BCUT2D eigenvalue weighted by molar-refractivity contribution is 4.62. The van der Waals surface area contributed by atoms with Gasteiger partial charge in [-0.3, -0.25) is 4.90 Å². The lowest BCUT2D eigenvalue weighted by Gasteiger charge is -2.27. The van der Waals surface area contributed by atoms with Crippen LogP contribution in [0.2, 0.25) is 0 Å². The SMILES string of the molecule is CCCCCCCCCCCCN(CC(O)O)C(O)CC. The van der Waals surface area contributed by atoms with Crippen LogP contribution in [0.4, 0.5) is 0 Å². The van der Waals surface area contributed by atoms with Crippen LogP contribution in [-0.4, -0.2) is 45.8 Å². The molecule has 0 amide bonds. The second kappa shape index (κ2) is 14.8. The zero-order valence-corrected chi connectivity index (χ0v) is 14.1. The van der Waals surface area contributed by atoms with E-state index in [2.05, 4.69) is 6.92 Å². The molecule has 0 aromatic carbocycles. The van der Waals surface area contributed by atoms with Gasteiger partial charge in [0.25, 0.3) is 0 Å². The summed E-state index contributed by atoms with van der Waals surface area (Å²) >= 11 is 0. The molecule has 0 aromatic heterocycles. The van der Waals surface area contributed by atoms with Gasteiger partial charge in [-0.05, 0) is 12.8 Å². The molecule has 4 nitrogen and oxygen atoms in total. The summed E-state index contributed by atoms with van der Waals surface area (Å²) in [6, 6.07) is 0. The molecule has 0 aliphatic heterocycles. The van der Waals surface area contributed by atoms with Crippen LogP contribution in [0.15, 0.2) is 0 Å². The van der Waals surface area contributed by atoms with Crippen molar-refractivity contribution in [3.05, 3.63) is 0 Å². The summed E-state index contributed by atoms with van der Waals surface area (Å²) in [7, 11) is 0. The van der Waals surface area contributed by atoms with Gasteiger partial charge in [0.15, 0.2) is 6.29 Å². The van der Waals surface area contributed by atoms with Gasteiger partial charge in [-0.25, -0.2) is 0 Å². The monoisotopic (exact) mass is 303 g/mol. The van der Waals surface area contributed by atoms with Gasteiger partial charge in [0.1, 0.15) is 6.23 Å². The molecule has 4 heteroatoms. The van der Waals surface area contributed by atoms with Crippen LogP contribution in [0.25, 0.3) is 0 Å². The Morgan fingerprint density at radius 2 is 1.19 bits per heavy atom. The first-order chi connectivity index (χ1) is 10.1. The number of unbranched alkanes of at least 4 members (excludes halogenated alkanes) is 9. The first-order valence-electron chi connectivity index (χ1n) is 8.90. The Morgan fingerprint density at radius 3 is 1.62 bits per heavy atom. The summed E-state index contributed by atoms with van der Waals surface area (Å²) < 4.78 is 0. The van der Waals surface area contributed by atoms with E-state index in [1.807, 2.05) is 6.92 Å². The van der Waals surface area contributed by atoms with Crippen LogP contribution in [-0.2, 0) is 0 Å². The maximum atomic E-state index is 9.81. The summed E-state index contributed by atoms with van der Waals surface area (Å²) in [6.07, 6.45) is 11.5. The highest BCUT2D eigenvalue weighted by Crippen LogP contribution is 2.11. The molecule has 1 unspecified atom stereocenters. The summed E-state index contributed by atoms with van der Waals surface area (Å²) in [4.78, 5) is 1.76. The first-order valence-corrected chi connectivity index (χ1v) is 8.90. The number of hydrogen-bond donors (Lipinski definition) is 3. The molecule has 128 valence electrons. The molecule has 0 aromatic rings. The standard InChI is InChI=1S/C17H37NO3/c1-3-5-6-7-8-9-10-11-12-13-14-18(15-17(20)21)16(19)4-2/h16-17,19-21H,3-15H2,1-2H3. The van der Waals surface area contributed by atoms with Gasteiger partial charge in [-0.1, -0.05) is 71.6 Å². The van der Waals surface area contributed by atoms with Crippen molar-refractivity contribution in [1.82, 2.24) is 4.90 Å². The molecule has 0 heterocycles. The summed E-state index contributed by atoms with van der Waals surface area (Å²) in [5.74, 6) is 0. The molecule has 1 atom stereocenters. The number of rotatable bonds is 15. The molecule has 0 spiro atoms. The lowest BCUT2D eigenvalue weighted by atomic mass is 10.1. The fraction of sp³-hybridized carbons (Fsp3) is 1.00. The van der Waals surface area contributed by atoms with Crippen molar-refractivity contribution >= 4 is 0 Å². The Hall–Kier alpha value is -0.160. The molecule has 0 rings (SSSR count). The van der Waals surface area contributed by atoms with E-state index in [-0.39, 0.29) is 6.54 Å². The molecular formula is C17H37NO3. The lowest BCUT2D eigenvalue weighted by molar-refractivity contribution is -0.0978. The van der Waals surface area contributed by atoms with Gasteiger partial charge in [-0.15, -0.1) is 0 Å². The zero-order valence-electron chi connectivity index (χ0n) is 14.1. The van der Waals surface area contributed by atoms with E-state index in [0.717, 1.165) is 19.4 Å². The second-order valence-electron chi connectivity index (χ2n) is 6.05. The Morgan fingerprint density at radius 1 is 0.714 bits per heavy atom. The molecule has 0 saturated heterocycles. The van der Waals surface area contributed by atoms with Gasteiger partial charge in [0.2, 0.25) is 0 Å². The molecule has 21 heavy (non-hydrogen) atoms. The average molecular weight is 303 g/mol. The van der Waals surface area contributed by atoms with Crippen molar-refractivity contribution in [3.63, 3.8) is 0 Å². The minimum atomic E-state index is -1.37. The molecule has 0 radical (unpaired) electrons. The topological polar surface area (TPSA) is 63.9 Å². The van der Waals surface area contributed by atoms with E-state index in [1.54, 1.807) is 4.90 Å². The highest BCUT2D eigenvalue weighted by atomic mass is 16.5. The Labute approximate surface area is 131 Å². The largest absolute Gasteiger partial charge is 0.378 e. The molecule has 0 aliphatic rings. The normalized spacial score (nSPS) is 13.3. The molecule has 0 fully saturated rings. The molecule has 0 saturated carbocycles. The van der Waals surface area contributed by atoms with Crippen molar-refractivity contribution in [2.24, 2.45) is 0 Å². The van der Waals surface area contributed by atoms with Crippen molar-refractivity contribution in [3.8, 4) is 0 Å². The van der Waals surface area contributed by atoms with E-state index >= 15 is 0 Å². The Bertz CT molecular complexity index is 212. The van der Waals surface area contributed by atoms with Crippen molar-refractivity contribution in [2.45, 2.75) is 97.0 Å². The quantitative estimate of drug-likeness (QED) is 0.321. The Balaban J connectivity index is 3.49. The van der Waals surface area contributed by atoms with E-state index in [0.29, 0.717) is 6.42 Å². The highest BCUT2D eigenvalue weighted by Gasteiger charge is 2.15. The van der Waals surface area contributed by atoms with Crippen LogP contribution in [0.1, 0.15) is 84.5 Å². The predicted molar refractivity (Wildman–Crippen MR) is 87.9 cm³/mol. The van der Waals surface area contributed by atoms with Crippen molar-refractivity contribution in [1.29, 1.82) is 0 Å².